The van der Waals surface area contributed by atoms with Crippen molar-refractivity contribution in [2.45, 2.75) is 6.61 Å². The highest BCUT2D eigenvalue weighted by atomic mass is 35.5. The fourth-order valence-corrected chi connectivity index (χ4v) is 1.79. The third-order valence-electron chi connectivity index (χ3n) is 2.59. The van der Waals surface area contributed by atoms with E-state index >= 15 is 0 Å². The average molecular weight is 278 g/mol. The van der Waals surface area contributed by atoms with Crippen molar-refractivity contribution in [2.75, 3.05) is 0 Å². The topological polar surface area (TPSA) is 72.6 Å². The summed E-state index contributed by atoms with van der Waals surface area (Å²) in [6, 6.07) is 11.4. The van der Waals surface area contributed by atoms with E-state index < -0.39 is 5.91 Å². The lowest BCUT2D eigenvalue weighted by Gasteiger charge is -2.09. The molecule has 0 aliphatic carbocycles. The molecule has 5 heteroatoms. The van der Waals surface area contributed by atoms with Gasteiger partial charge in [-0.1, -0.05) is 29.8 Å². The Bertz CT molecular complexity index is 613. The molecule has 4 nitrogen and oxygen atoms in total. The molecule has 0 aliphatic heterocycles. The predicted octanol–water partition coefficient (Wildman–Crippen LogP) is 2.72. The van der Waals surface area contributed by atoms with Crippen molar-refractivity contribution in [2.24, 2.45) is 5.73 Å². The fourth-order valence-electron chi connectivity index (χ4n) is 1.55. The molecule has 0 heterocycles. The van der Waals surface area contributed by atoms with E-state index in [0.29, 0.717) is 21.9 Å². The third-order valence-corrected chi connectivity index (χ3v) is 2.94. The van der Waals surface area contributed by atoms with Gasteiger partial charge in [-0.3, -0.25) is 4.79 Å². The normalized spacial score (nSPS) is 10.2. The maximum Gasteiger partial charge on any atom is 0.248 e. The van der Waals surface area contributed by atoms with Crippen LogP contribution in [0.15, 0.2) is 42.5 Å². The molecule has 0 atom stereocenters. The summed E-state index contributed by atoms with van der Waals surface area (Å²) in [5.41, 5.74) is 6.20. The number of carbonyl (C=O) groups is 1. The molecule has 0 aliphatic rings. The van der Waals surface area contributed by atoms with Crippen LogP contribution in [0.2, 0.25) is 5.02 Å². The Balaban J connectivity index is 2.12. The largest absolute Gasteiger partial charge is 0.504 e. The van der Waals surface area contributed by atoms with Crippen LogP contribution in [0.5, 0.6) is 11.5 Å². The summed E-state index contributed by atoms with van der Waals surface area (Å²) >= 11 is 6.03. The van der Waals surface area contributed by atoms with Gasteiger partial charge in [0.15, 0.2) is 11.5 Å². The summed E-state index contributed by atoms with van der Waals surface area (Å²) in [7, 11) is 0. The van der Waals surface area contributed by atoms with Gasteiger partial charge in [-0.25, -0.2) is 0 Å². The van der Waals surface area contributed by atoms with Crippen LogP contribution in [0.25, 0.3) is 0 Å². The van der Waals surface area contributed by atoms with Crippen molar-refractivity contribution >= 4 is 17.5 Å². The van der Waals surface area contributed by atoms with Gasteiger partial charge in [0.25, 0.3) is 0 Å². The molecule has 0 fully saturated rings. The van der Waals surface area contributed by atoms with E-state index in [-0.39, 0.29) is 12.4 Å². The van der Waals surface area contributed by atoms with Crippen LogP contribution in [0.3, 0.4) is 0 Å². The monoisotopic (exact) mass is 277 g/mol. The average Bonchev–Trinajstić information content (AvgIpc) is 2.39. The zero-order chi connectivity index (χ0) is 13.8. The number of nitrogens with two attached hydrogens (primary N) is 1. The van der Waals surface area contributed by atoms with Crippen molar-refractivity contribution in [3.8, 4) is 11.5 Å². The second-order valence-electron chi connectivity index (χ2n) is 3.93. The number of hydrogen-bond donors (Lipinski definition) is 2. The van der Waals surface area contributed by atoms with Gasteiger partial charge in [-0.2, -0.15) is 0 Å². The minimum absolute atomic E-state index is 0.0624. The quantitative estimate of drug-likeness (QED) is 0.902. The summed E-state index contributed by atoms with van der Waals surface area (Å²) in [6.45, 7) is 0.190. The standard InChI is InChI=1S/C14H12ClNO3/c15-11-7-9(14(16)18)5-6-10(11)8-19-13-4-2-1-3-12(13)17/h1-7,17H,8H2,(H2,16,18). The molecule has 2 rings (SSSR count). The molecule has 0 saturated heterocycles. The Morgan fingerprint density at radius 2 is 2.00 bits per heavy atom. The van der Waals surface area contributed by atoms with Gasteiger partial charge >= 0.3 is 0 Å². The summed E-state index contributed by atoms with van der Waals surface area (Å²) in [5.74, 6) is -0.0972. The molecule has 0 radical (unpaired) electrons. The molecule has 1 amide bonds. The predicted molar refractivity (Wildman–Crippen MR) is 72.4 cm³/mol. The molecule has 0 saturated carbocycles. The Morgan fingerprint density at radius 1 is 1.26 bits per heavy atom. The van der Waals surface area contributed by atoms with Crippen molar-refractivity contribution < 1.29 is 14.6 Å². The number of halogens is 1. The van der Waals surface area contributed by atoms with Gasteiger partial charge in [-0.15, -0.1) is 0 Å². The smallest absolute Gasteiger partial charge is 0.248 e. The van der Waals surface area contributed by atoms with Crippen molar-refractivity contribution in [3.63, 3.8) is 0 Å². The first-order chi connectivity index (χ1) is 9.08. The number of carbonyl (C=O) groups excluding carboxylic acids is 1. The highest BCUT2D eigenvalue weighted by Gasteiger charge is 2.07. The first-order valence-corrected chi connectivity index (χ1v) is 5.95. The Labute approximate surface area is 115 Å². The summed E-state index contributed by atoms with van der Waals surface area (Å²) in [4.78, 5) is 11.0. The number of phenolic OH excluding ortho intramolecular Hbond substituents is 1. The van der Waals surface area contributed by atoms with Crippen molar-refractivity contribution in [3.05, 3.63) is 58.6 Å². The van der Waals surface area contributed by atoms with Gasteiger partial charge in [-0.05, 0) is 24.3 Å². The van der Waals surface area contributed by atoms with Gasteiger partial charge in [0.05, 0.1) is 0 Å². The molecule has 2 aromatic carbocycles. The van der Waals surface area contributed by atoms with Crippen molar-refractivity contribution in [1.82, 2.24) is 0 Å². The van der Waals surface area contributed by atoms with E-state index in [0.717, 1.165) is 0 Å². The number of hydrogen-bond acceptors (Lipinski definition) is 3. The molecule has 0 aromatic heterocycles. The van der Waals surface area contributed by atoms with Crippen LogP contribution >= 0.6 is 11.6 Å². The molecule has 0 unspecified atom stereocenters. The molecular weight excluding hydrogens is 266 g/mol. The second kappa shape index (κ2) is 5.63. The number of benzene rings is 2. The van der Waals surface area contributed by atoms with E-state index in [1.165, 1.54) is 12.1 Å². The lowest BCUT2D eigenvalue weighted by atomic mass is 10.1. The minimum atomic E-state index is -0.532. The number of ether oxygens (including phenoxy) is 1. The van der Waals surface area contributed by atoms with Crippen LogP contribution in [0, 0.1) is 0 Å². The Hall–Kier alpha value is -2.20. The number of amides is 1. The highest BCUT2D eigenvalue weighted by molar-refractivity contribution is 6.31. The first-order valence-electron chi connectivity index (χ1n) is 5.57. The molecule has 2 aromatic rings. The van der Waals surface area contributed by atoms with E-state index in [2.05, 4.69) is 0 Å². The maximum atomic E-state index is 11.0. The van der Waals surface area contributed by atoms with E-state index in [1.54, 1.807) is 30.3 Å². The zero-order valence-corrected chi connectivity index (χ0v) is 10.7. The summed E-state index contributed by atoms with van der Waals surface area (Å²) in [5, 5.41) is 9.95. The van der Waals surface area contributed by atoms with Gasteiger partial charge in [0.1, 0.15) is 6.61 Å². The Kier molecular flexibility index (Phi) is 3.92. The van der Waals surface area contributed by atoms with Crippen LogP contribution < -0.4 is 10.5 Å². The number of para-hydroxylation sites is 2. The second-order valence-corrected chi connectivity index (χ2v) is 4.33. The van der Waals surface area contributed by atoms with Crippen LogP contribution in [-0.2, 0) is 6.61 Å². The molecule has 19 heavy (non-hydrogen) atoms. The number of phenols is 1. The van der Waals surface area contributed by atoms with Crippen LogP contribution in [0.1, 0.15) is 15.9 Å². The minimum Gasteiger partial charge on any atom is -0.504 e. The fraction of sp³-hybridized carbons (Fsp3) is 0.0714. The third kappa shape index (κ3) is 3.17. The van der Waals surface area contributed by atoms with Gasteiger partial charge < -0.3 is 15.6 Å². The maximum absolute atomic E-state index is 11.0. The lowest BCUT2D eigenvalue weighted by molar-refractivity contribution is 0.1000. The Morgan fingerprint density at radius 3 is 2.63 bits per heavy atom. The summed E-state index contributed by atoms with van der Waals surface area (Å²) in [6.07, 6.45) is 0. The van der Waals surface area contributed by atoms with E-state index in [9.17, 15) is 9.90 Å². The zero-order valence-electron chi connectivity index (χ0n) is 9.97. The number of aromatic hydroxyl groups is 1. The molecule has 0 bridgehead atoms. The molecular formula is C14H12ClNO3. The molecule has 0 spiro atoms. The highest BCUT2D eigenvalue weighted by Crippen LogP contribution is 2.26. The lowest BCUT2D eigenvalue weighted by Crippen LogP contribution is -2.11. The molecule has 98 valence electrons. The van der Waals surface area contributed by atoms with Crippen LogP contribution in [-0.4, -0.2) is 11.0 Å². The van der Waals surface area contributed by atoms with Crippen LogP contribution in [0.4, 0.5) is 0 Å². The van der Waals surface area contributed by atoms with Gasteiger partial charge in [0.2, 0.25) is 5.91 Å². The van der Waals surface area contributed by atoms with Crippen molar-refractivity contribution in [1.29, 1.82) is 0 Å². The summed E-state index contributed by atoms with van der Waals surface area (Å²) < 4.78 is 5.45. The first kappa shape index (κ1) is 13.2. The van der Waals surface area contributed by atoms with Gasteiger partial charge in [0, 0.05) is 16.1 Å². The number of primary amides is 1. The molecule has 3 N–H and O–H groups in total. The van der Waals surface area contributed by atoms with E-state index in [1.807, 2.05) is 0 Å². The van der Waals surface area contributed by atoms with E-state index in [4.69, 9.17) is 22.1 Å². The number of rotatable bonds is 4. The SMILES string of the molecule is NC(=O)c1ccc(COc2ccccc2O)c(Cl)c1.